The minimum Gasteiger partial charge on any atom is -0.351 e. The fourth-order valence-corrected chi connectivity index (χ4v) is 3.03. The lowest BCUT2D eigenvalue weighted by atomic mass is 10.2. The van der Waals surface area contributed by atoms with E-state index in [0.29, 0.717) is 11.2 Å². The number of aromatic amines is 1. The lowest BCUT2D eigenvalue weighted by molar-refractivity contribution is 0.597. The largest absolute Gasteiger partial charge is 0.351 e. The van der Waals surface area contributed by atoms with Gasteiger partial charge in [-0.1, -0.05) is 18.2 Å². The smallest absolute Gasteiger partial charge is 0.277 e. The average Bonchev–Trinajstić information content (AvgIpc) is 2.47. The van der Waals surface area contributed by atoms with Gasteiger partial charge in [-0.05, 0) is 12.1 Å². The zero-order valence-corrected chi connectivity index (χ0v) is 11.6. The van der Waals surface area contributed by atoms with Crippen molar-refractivity contribution in [2.24, 2.45) is 0 Å². The molecule has 0 unspecified atom stereocenters. The summed E-state index contributed by atoms with van der Waals surface area (Å²) >= 11 is 0. The monoisotopic (exact) mass is 301 g/mol. The van der Waals surface area contributed by atoms with Gasteiger partial charge in [0.15, 0.2) is 10.5 Å². The van der Waals surface area contributed by atoms with Crippen molar-refractivity contribution in [1.82, 2.24) is 9.97 Å². The number of pyridine rings is 2. The molecule has 21 heavy (non-hydrogen) atoms. The van der Waals surface area contributed by atoms with Gasteiger partial charge in [0.25, 0.3) is 10.0 Å². The molecule has 0 fully saturated rings. The number of rotatable bonds is 3. The fourth-order valence-electron chi connectivity index (χ4n) is 1.97. The van der Waals surface area contributed by atoms with Gasteiger partial charge in [-0.3, -0.25) is 14.5 Å². The highest BCUT2D eigenvalue weighted by Gasteiger charge is 2.16. The van der Waals surface area contributed by atoms with E-state index >= 15 is 0 Å². The number of hydrogen-bond acceptors (Lipinski definition) is 4. The van der Waals surface area contributed by atoms with E-state index in [1.54, 1.807) is 24.4 Å². The van der Waals surface area contributed by atoms with E-state index in [4.69, 9.17) is 0 Å². The molecule has 3 aromatic rings. The van der Waals surface area contributed by atoms with E-state index in [2.05, 4.69) is 14.7 Å². The molecule has 3 rings (SSSR count). The van der Waals surface area contributed by atoms with Crippen LogP contribution in [0.15, 0.2) is 64.7 Å². The Morgan fingerprint density at radius 3 is 2.71 bits per heavy atom. The summed E-state index contributed by atoms with van der Waals surface area (Å²) in [5.74, 6) is 0. The van der Waals surface area contributed by atoms with Crippen molar-refractivity contribution in [2.45, 2.75) is 5.03 Å². The summed E-state index contributed by atoms with van der Waals surface area (Å²) in [5, 5.41) is 0.627. The Hall–Kier alpha value is -2.67. The van der Waals surface area contributed by atoms with Crippen LogP contribution in [0.4, 0.5) is 5.69 Å². The molecule has 2 N–H and O–H groups in total. The van der Waals surface area contributed by atoms with Crippen LogP contribution in [0.2, 0.25) is 0 Å². The minimum absolute atomic E-state index is 0.192. The van der Waals surface area contributed by atoms with Crippen LogP contribution < -0.4 is 10.2 Å². The Labute approximate surface area is 120 Å². The highest BCUT2D eigenvalue weighted by molar-refractivity contribution is 7.92. The van der Waals surface area contributed by atoms with Crippen molar-refractivity contribution in [1.29, 1.82) is 0 Å². The molecule has 0 aliphatic carbocycles. The first-order valence-electron chi connectivity index (χ1n) is 6.11. The summed E-state index contributed by atoms with van der Waals surface area (Å²) in [6.45, 7) is 0. The number of anilines is 1. The van der Waals surface area contributed by atoms with Gasteiger partial charge in [0.1, 0.15) is 0 Å². The number of para-hydroxylation sites is 1. The van der Waals surface area contributed by atoms with Crippen molar-refractivity contribution >= 4 is 26.6 Å². The van der Waals surface area contributed by atoms with E-state index in [-0.39, 0.29) is 10.5 Å². The molecule has 7 heteroatoms. The second kappa shape index (κ2) is 5.02. The van der Waals surface area contributed by atoms with Crippen LogP contribution in [-0.4, -0.2) is 18.4 Å². The van der Waals surface area contributed by atoms with Gasteiger partial charge in [-0.2, -0.15) is 8.42 Å². The van der Waals surface area contributed by atoms with E-state index < -0.39 is 10.0 Å². The lowest BCUT2D eigenvalue weighted by Gasteiger charge is -2.09. The predicted molar refractivity (Wildman–Crippen MR) is 79.6 cm³/mol. The van der Waals surface area contributed by atoms with Gasteiger partial charge >= 0.3 is 0 Å². The van der Waals surface area contributed by atoms with Gasteiger partial charge < -0.3 is 4.98 Å². The molecule has 6 nitrogen and oxygen atoms in total. The first-order valence-corrected chi connectivity index (χ1v) is 7.60. The van der Waals surface area contributed by atoms with Crippen molar-refractivity contribution in [3.8, 4) is 0 Å². The van der Waals surface area contributed by atoms with Gasteiger partial charge in [0.05, 0.1) is 11.2 Å². The van der Waals surface area contributed by atoms with E-state index in [1.165, 1.54) is 12.3 Å². The standard InChI is InChI=1S/C14H11N3O3S/c18-11-6-8-15-13(9-11)21(19,20)17-12-5-1-3-10-4-2-7-16-14(10)12/h1-9,17H,(H,15,18). The second-order valence-corrected chi connectivity index (χ2v) is 6.03. The van der Waals surface area contributed by atoms with Gasteiger partial charge in [-0.25, -0.2) is 0 Å². The third-order valence-electron chi connectivity index (χ3n) is 2.91. The lowest BCUT2D eigenvalue weighted by Crippen LogP contribution is -2.17. The maximum Gasteiger partial charge on any atom is 0.277 e. The van der Waals surface area contributed by atoms with Gasteiger partial charge in [-0.15, -0.1) is 0 Å². The molecule has 0 saturated heterocycles. The van der Waals surface area contributed by atoms with Crippen LogP contribution in [0.1, 0.15) is 0 Å². The molecule has 0 aliphatic rings. The normalized spacial score (nSPS) is 11.4. The van der Waals surface area contributed by atoms with Crippen LogP contribution in [0.25, 0.3) is 10.9 Å². The van der Waals surface area contributed by atoms with E-state index in [1.807, 2.05) is 12.1 Å². The van der Waals surface area contributed by atoms with E-state index in [9.17, 15) is 13.2 Å². The molecule has 106 valence electrons. The quantitative estimate of drug-likeness (QED) is 0.770. The first-order chi connectivity index (χ1) is 10.1. The predicted octanol–water partition coefficient (Wildman–Crippen LogP) is 1.72. The number of aromatic nitrogens is 2. The second-order valence-electron chi connectivity index (χ2n) is 4.37. The zero-order chi connectivity index (χ0) is 14.9. The number of nitrogens with zero attached hydrogens (tertiary/aromatic N) is 1. The van der Waals surface area contributed by atoms with Crippen LogP contribution in [0.3, 0.4) is 0 Å². The van der Waals surface area contributed by atoms with Gasteiger partial charge in [0.2, 0.25) is 0 Å². The number of nitrogens with one attached hydrogen (secondary N) is 2. The molecule has 0 radical (unpaired) electrons. The molecule has 0 amide bonds. The summed E-state index contributed by atoms with van der Waals surface area (Å²) in [6.07, 6.45) is 2.88. The summed E-state index contributed by atoms with van der Waals surface area (Å²) in [7, 11) is -3.87. The summed E-state index contributed by atoms with van der Waals surface area (Å²) in [4.78, 5) is 18.0. The summed E-state index contributed by atoms with van der Waals surface area (Å²) in [5.41, 5.74) is 0.518. The van der Waals surface area contributed by atoms with Gasteiger partial charge in [0, 0.05) is 29.9 Å². The van der Waals surface area contributed by atoms with Crippen LogP contribution in [-0.2, 0) is 10.0 Å². The summed E-state index contributed by atoms with van der Waals surface area (Å²) in [6, 6.07) is 11.1. The third kappa shape index (κ3) is 2.63. The van der Waals surface area contributed by atoms with Crippen LogP contribution >= 0.6 is 0 Å². The molecule has 2 heterocycles. The Morgan fingerprint density at radius 2 is 1.90 bits per heavy atom. The fraction of sp³-hybridized carbons (Fsp3) is 0. The number of hydrogen-bond donors (Lipinski definition) is 2. The molecule has 0 saturated carbocycles. The molecule has 0 aliphatic heterocycles. The van der Waals surface area contributed by atoms with Crippen molar-refractivity contribution in [3.05, 3.63) is 65.1 Å². The third-order valence-corrected chi connectivity index (χ3v) is 4.22. The molecule has 0 spiro atoms. The van der Waals surface area contributed by atoms with E-state index in [0.717, 1.165) is 11.5 Å². The van der Waals surface area contributed by atoms with Crippen molar-refractivity contribution in [2.75, 3.05) is 4.72 Å². The Morgan fingerprint density at radius 1 is 1.10 bits per heavy atom. The number of fused-ring (bicyclic) bond motifs is 1. The summed E-state index contributed by atoms with van der Waals surface area (Å²) < 4.78 is 27.0. The van der Waals surface area contributed by atoms with Crippen LogP contribution in [0, 0.1) is 0 Å². The molecule has 2 aromatic heterocycles. The molecule has 1 aromatic carbocycles. The molecular formula is C14H11N3O3S. The highest BCUT2D eigenvalue weighted by atomic mass is 32.2. The first kappa shape index (κ1) is 13.3. The maximum absolute atomic E-state index is 12.3. The Kier molecular flexibility index (Phi) is 3.19. The molecular weight excluding hydrogens is 290 g/mol. The zero-order valence-electron chi connectivity index (χ0n) is 10.8. The minimum atomic E-state index is -3.87. The number of sulfonamides is 1. The molecule has 0 bridgehead atoms. The SMILES string of the molecule is O=c1cc[nH]c(S(=O)(=O)Nc2cccc3cccnc23)c1. The van der Waals surface area contributed by atoms with Crippen molar-refractivity contribution in [3.63, 3.8) is 0 Å². The van der Waals surface area contributed by atoms with Crippen molar-refractivity contribution < 1.29 is 8.42 Å². The number of benzene rings is 1. The Bertz CT molecular complexity index is 959. The van der Waals surface area contributed by atoms with Crippen LogP contribution in [0.5, 0.6) is 0 Å². The molecule has 0 atom stereocenters. The highest BCUT2D eigenvalue weighted by Crippen LogP contribution is 2.22. The number of H-pyrrole nitrogens is 1. The topological polar surface area (TPSA) is 91.9 Å². The average molecular weight is 301 g/mol. The Balaban J connectivity index is 2.08. The maximum atomic E-state index is 12.3.